The lowest BCUT2D eigenvalue weighted by molar-refractivity contribution is 0.359. The van der Waals surface area contributed by atoms with E-state index in [4.69, 9.17) is 10.2 Å². The van der Waals surface area contributed by atoms with Crippen LogP contribution in [0.1, 0.15) is 44.2 Å². The molecule has 0 aliphatic rings. The first-order valence-corrected chi connectivity index (χ1v) is 6.40. The Morgan fingerprint density at radius 3 is 2.67 bits per heavy atom. The third-order valence-corrected chi connectivity index (χ3v) is 2.97. The number of nitrogens with two attached hydrogens (primary N) is 1. The van der Waals surface area contributed by atoms with Crippen molar-refractivity contribution in [3.05, 3.63) is 35.8 Å². The largest absolute Gasteiger partial charge is 0.467 e. The van der Waals surface area contributed by atoms with Crippen molar-refractivity contribution >= 4 is 0 Å². The van der Waals surface area contributed by atoms with Crippen molar-refractivity contribution in [1.82, 2.24) is 14.8 Å². The fraction of sp³-hybridized carbons (Fsp3) is 0.538. The fourth-order valence-corrected chi connectivity index (χ4v) is 2.08. The summed E-state index contributed by atoms with van der Waals surface area (Å²) in [4.78, 5) is 4.51. The molecule has 0 amide bonds. The summed E-state index contributed by atoms with van der Waals surface area (Å²) in [7, 11) is 0. The van der Waals surface area contributed by atoms with E-state index in [2.05, 4.69) is 17.0 Å². The number of aryl methyl sites for hydroxylation is 2. The van der Waals surface area contributed by atoms with Gasteiger partial charge in [0, 0.05) is 18.9 Å². The summed E-state index contributed by atoms with van der Waals surface area (Å²) in [6, 6.07) is 3.62. The van der Waals surface area contributed by atoms with E-state index in [1.807, 2.05) is 30.7 Å². The summed E-state index contributed by atoms with van der Waals surface area (Å²) < 4.78 is 7.39. The van der Waals surface area contributed by atoms with Gasteiger partial charge < -0.3 is 10.2 Å². The van der Waals surface area contributed by atoms with E-state index in [1.54, 1.807) is 6.26 Å². The molecule has 0 radical (unpaired) electrons. The minimum Gasteiger partial charge on any atom is -0.467 e. The van der Waals surface area contributed by atoms with Gasteiger partial charge in [-0.1, -0.05) is 13.8 Å². The summed E-state index contributed by atoms with van der Waals surface area (Å²) in [5, 5.41) is 4.54. The first kappa shape index (κ1) is 12.8. The number of nitrogens with zero attached hydrogens (tertiary/aromatic N) is 3. The van der Waals surface area contributed by atoms with Crippen LogP contribution in [0.2, 0.25) is 0 Å². The minimum absolute atomic E-state index is 0.0899. The molecule has 0 bridgehead atoms. The van der Waals surface area contributed by atoms with E-state index in [0.717, 1.165) is 30.3 Å². The molecular formula is C13H20N4O. The Balaban J connectivity index is 2.45. The molecule has 18 heavy (non-hydrogen) atoms. The lowest BCUT2D eigenvalue weighted by Crippen LogP contribution is -2.31. The maximum absolute atomic E-state index is 6.09. The highest BCUT2D eigenvalue weighted by Crippen LogP contribution is 2.22. The zero-order valence-electron chi connectivity index (χ0n) is 11.1. The molecule has 5 heteroatoms. The van der Waals surface area contributed by atoms with Gasteiger partial charge in [-0.05, 0) is 19.1 Å². The van der Waals surface area contributed by atoms with Crippen molar-refractivity contribution in [1.29, 1.82) is 0 Å². The van der Waals surface area contributed by atoms with Gasteiger partial charge in [-0.2, -0.15) is 5.10 Å². The van der Waals surface area contributed by atoms with Crippen LogP contribution in [0.15, 0.2) is 22.8 Å². The molecule has 2 aromatic heterocycles. The first-order chi connectivity index (χ1) is 8.67. The van der Waals surface area contributed by atoms with Gasteiger partial charge >= 0.3 is 0 Å². The van der Waals surface area contributed by atoms with Crippen molar-refractivity contribution in [3.8, 4) is 0 Å². The smallest absolute Gasteiger partial charge is 0.150 e. The Morgan fingerprint density at radius 1 is 1.39 bits per heavy atom. The van der Waals surface area contributed by atoms with Crippen LogP contribution >= 0.6 is 0 Å². The van der Waals surface area contributed by atoms with Crippen molar-refractivity contribution in [2.24, 2.45) is 5.73 Å². The first-order valence-electron chi connectivity index (χ1n) is 6.40. The maximum Gasteiger partial charge on any atom is 0.150 e. The molecule has 2 heterocycles. The van der Waals surface area contributed by atoms with E-state index >= 15 is 0 Å². The maximum atomic E-state index is 6.09. The van der Waals surface area contributed by atoms with Crippen LogP contribution < -0.4 is 5.73 Å². The molecule has 2 unspecified atom stereocenters. The Hall–Kier alpha value is -1.62. The molecule has 0 saturated carbocycles. The number of aromatic nitrogens is 3. The van der Waals surface area contributed by atoms with Gasteiger partial charge in [0.2, 0.25) is 0 Å². The molecule has 0 spiro atoms. The second kappa shape index (κ2) is 5.35. The van der Waals surface area contributed by atoms with Crippen LogP contribution in [0, 0.1) is 0 Å². The van der Waals surface area contributed by atoms with Gasteiger partial charge in [0.05, 0.1) is 6.26 Å². The Morgan fingerprint density at radius 2 is 2.17 bits per heavy atom. The van der Waals surface area contributed by atoms with Gasteiger partial charge in [0.1, 0.15) is 17.6 Å². The van der Waals surface area contributed by atoms with Crippen molar-refractivity contribution in [3.63, 3.8) is 0 Å². The average molecular weight is 248 g/mol. The SMILES string of the molecule is CCc1nc(CC)n(C(c2ccco2)C(C)N)n1. The Labute approximate surface area is 107 Å². The molecule has 98 valence electrons. The van der Waals surface area contributed by atoms with Crippen LogP contribution in [0.4, 0.5) is 0 Å². The van der Waals surface area contributed by atoms with E-state index in [0.29, 0.717) is 0 Å². The van der Waals surface area contributed by atoms with Gasteiger partial charge in [0.25, 0.3) is 0 Å². The Kier molecular flexibility index (Phi) is 3.81. The summed E-state index contributed by atoms with van der Waals surface area (Å²) in [6.07, 6.45) is 3.31. The average Bonchev–Trinajstić information content (AvgIpc) is 2.98. The Bertz CT molecular complexity index is 487. The third kappa shape index (κ3) is 2.31. The quantitative estimate of drug-likeness (QED) is 0.877. The number of hydrogen-bond acceptors (Lipinski definition) is 4. The fourth-order valence-electron chi connectivity index (χ4n) is 2.08. The van der Waals surface area contributed by atoms with Crippen molar-refractivity contribution < 1.29 is 4.42 Å². The topological polar surface area (TPSA) is 69.9 Å². The van der Waals surface area contributed by atoms with Gasteiger partial charge in [0.15, 0.2) is 5.82 Å². The minimum atomic E-state index is -0.0947. The molecule has 2 atom stereocenters. The highest BCUT2D eigenvalue weighted by atomic mass is 16.3. The van der Waals surface area contributed by atoms with Gasteiger partial charge in [-0.25, -0.2) is 9.67 Å². The zero-order valence-corrected chi connectivity index (χ0v) is 11.1. The van der Waals surface area contributed by atoms with Gasteiger partial charge in [-0.3, -0.25) is 0 Å². The second-order valence-electron chi connectivity index (χ2n) is 4.42. The van der Waals surface area contributed by atoms with Crippen LogP contribution in [0.5, 0.6) is 0 Å². The second-order valence-corrected chi connectivity index (χ2v) is 4.42. The normalized spacial score (nSPS) is 14.7. The summed E-state index contributed by atoms with van der Waals surface area (Å²) >= 11 is 0. The molecule has 2 aromatic rings. The molecule has 0 aliphatic heterocycles. The summed E-state index contributed by atoms with van der Waals surface area (Å²) in [6.45, 7) is 6.08. The highest BCUT2D eigenvalue weighted by molar-refractivity contribution is 5.10. The number of rotatable bonds is 5. The molecule has 5 nitrogen and oxygen atoms in total. The van der Waals surface area contributed by atoms with Crippen molar-refractivity contribution in [2.45, 2.75) is 45.7 Å². The predicted molar refractivity (Wildman–Crippen MR) is 69.3 cm³/mol. The zero-order chi connectivity index (χ0) is 13.1. The van der Waals surface area contributed by atoms with E-state index in [9.17, 15) is 0 Å². The molecule has 2 N–H and O–H groups in total. The van der Waals surface area contributed by atoms with Crippen LogP contribution in [0.25, 0.3) is 0 Å². The van der Waals surface area contributed by atoms with Gasteiger partial charge in [-0.15, -0.1) is 0 Å². The molecular weight excluding hydrogens is 228 g/mol. The lowest BCUT2D eigenvalue weighted by atomic mass is 10.1. The van der Waals surface area contributed by atoms with Crippen LogP contribution in [0.3, 0.4) is 0 Å². The van der Waals surface area contributed by atoms with E-state index < -0.39 is 0 Å². The van der Waals surface area contributed by atoms with Crippen LogP contribution in [-0.4, -0.2) is 20.8 Å². The molecule has 0 aromatic carbocycles. The standard InChI is InChI=1S/C13H20N4O/c1-4-11-15-12(5-2)17(16-11)13(9(3)14)10-7-6-8-18-10/h6-9,13H,4-5,14H2,1-3H3. The summed E-state index contributed by atoms with van der Waals surface area (Å²) in [5.41, 5.74) is 6.09. The molecule has 2 rings (SSSR count). The molecule has 0 fully saturated rings. The summed E-state index contributed by atoms with van der Waals surface area (Å²) in [5.74, 6) is 2.63. The molecule has 0 aliphatic carbocycles. The predicted octanol–water partition coefficient (Wildman–Crippen LogP) is 1.93. The number of hydrogen-bond donors (Lipinski definition) is 1. The van der Waals surface area contributed by atoms with E-state index in [-0.39, 0.29) is 12.1 Å². The monoisotopic (exact) mass is 248 g/mol. The lowest BCUT2D eigenvalue weighted by Gasteiger charge is -2.20. The van der Waals surface area contributed by atoms with E-state index in [1.165, 1.54) is 0 Å². The highest BCUT2D eigenvalue weighted by Gasteiger charge is 2.25. The van der Waals surface area contributed by atoms with Crippen molar-refractivity contribution in [2.75, 3.05) is 0 Å². The third-order valence-electron chi connectivity index (χ3n) is 2.97. The van der Waals surface area contributed by atoms with Crippen LogP contribution in [-0.2, 0) is 12.8 Å². The molecule has 0 saturated heterocycles. The number of furan rings is 1.